The average Bonchev–Trinajstić information content (AvgIpc) is 2.43. The van der Waals surface area contributed by atoms with Crippen molar-refractivity contribution < 1.29 is 9.66 Å². The van der Waals surface area contributed by atoms with Crippen LogP contribution in [-0.2, 0) is 0 Å². The molecule has 0 aliphatic heterocycles. The summed E-state index contributed by atoms with van der Waals surface area (Å²) in [5, 5.41) is 14.0. The Morgan fingerprint density at radius 2 is 1.95 bits per heavy atom. The number of hydrogen-bond donors (Lipinski definition) is 1. The third kappa shape index (κ3) is 3.07. The molecular weight excluding hydrogens is 272 g/mol. The van der Waals surface area contributed by atoms with Gasteiger partial charge in [0, 0.05) is 24.9 Å². The van der Waals surface area contributed by atoms with Crippen molar-refractivity contribution in [2.45, 2.75) is 20.8 Å². The Kier molecular flexibility index (Phi) is 4.02. The van der Waals surface area contributed by atoms with Gasteiger partial charge in [0.05, 0.1) is 4.92 Å². The summed E-state index contributed by atoms with van der Waals surface area (Å²) in [6.45, 7) is 5.35. The smallest absolute Gasteiger partial charge is 0.312 e. The number of nitrogens with one attached hydrogen (secondary N) is 1. The van der Waals surface area contributed by atoms with Crippen molar-refractivity contribution in [1.29, 1.82) is 0 Å². The predicted octanol–water partition coefficient (Wildman–Crippen LogP) is 3.14. The van der Waals surface area contributed by atoms with Crippen LogP contribution in [0.15, 0.2) is 18.3 Å². The van der Waals surface area contributed by atoms with E-state index in [0.717, 1.165) is 5.56 Å². The van der Waals surface area contributed by atoms with Crippen molar-refractivity contribution in [2.24, 2.45) is 0 Å². The van der Waals surface area contributed by atoms with Gasteiger partial charge in [-0.1, -0.05) is 6.07 Å². The van der Waals surface area contributed by atoms with Gasteiger partial charge >= 0.3 is 5.69 Å². The third-order valence-electron chi connectivity index (χ3n) is 2.94. The summed E-state index contributed by atoms with van der Waals surface area (Å²) >= 11 is 0. The maximum absolute atomic E-state index is 11.2. The lowest BCUT2D eigenvalue weighted by Gasteiger charge is -2.11. The third-order valence-corrected chi connectivity index (χ3v) is 2.94. The molecule has 0 aliphatic carbocycles. The zero-order valence-corrected chi connectivity index (χ0v) is 12.3. The van der Waals surface area contributed by atoms with Gasteiger partial charge in [-0.15, -0.1) is 0 Å². The minimum atomic E-state index is -0.454. The summed E-state index contributed by atoms with van der Waals surface area (Å²) < 4.78 is 5.70. The molecule has 1 aromatic heterocycles. The molecule has 0 fully saturated rings. The fourth-order valence-corrected chi connectivity index (χ4v) is 1.95. The molecule has 0 bridgehead atoms. The molecule has 110 valence electrons. The molecular formula is C14H16N4O3. The maximum Gasteiger partial charge on any atom is 0.312 e. The molecule has 2 aromatic rings. The summed E-state index contributed by atoms with van der Waals surface area (Å²) in [6, 6.07) is 3.32. The number of nitrogens with zero attached hydrogens (tertiary/aromatic N) is 3. The molecule has 0 radical (unpaired) electrons. The van der Waals surface area contributed by atoms with Crippen molar-refractivity contribution >= 4 is 11.6 Å². The van der Waals surface area contributed by atoms with E-state index in [-0.39, 0.29) is 11.4 Å². The zero-order valence-electron chi connectivity index (χ0n) is 12.3. The summed E-state index contributed by atoms with van der Waals surface area (Å²) in [6.07, 6.45) is 1.60. The molecule has 0 saturated heterocycles. The molecule has 21 heavy (non-hydrogen) atoms. The number of anilines is 1. The number of nitro groups is 1. The number of aryl methyl sites for hydroxylation is 3. The Labute approximate surface area is 122 Å². The molecule has 2 rings (SSSR count). The highest BCUT2D eigenvalue weighted by atomic mass is 16.6. The van der Waals surface area contributed by atoms with Crippen LogP contribution in [0.2, 0.25) is 0 Å². The molecule has 0 unspecified atom stereocenters. The Hall–Kier alpha value is -2.70. The summed E-state index contributed by atoms with van der Waals surface area (Å²) in [7, 11) is 1.69. The normalized spacial score (nSPS) is 10.3. The second-order valence-corrected chi connectivity index (χ2v) is 4.72. The van der Waals surface area contributed by atoms with Crippen LogP contribution in [0.4, 0.5) is 11.6 Å². The Morgan fingerprint density at radius 3 is 2.57 bits per heavy atom. The van der Waals surface area contributed by atoms with Gasteiger partial charge in [-0.2, -0.15) is 4.98 Å². The lowest BCUT2D eigenvalue weighted by Crippen LogP contribution is -2.02. The second kappa shape index (κ2) is 5.74. The number of nitro benzene ring substituents is 1. The van der Waals surface area contributed by atoms with Gasteiger partial charge in [0.2, 0.25) is 17.6 Å². The van der Waals surface area contributed by atoms with Crippen LogP contribution < -0.4 is 10.1 Å². The molecule has 1 N–H and O–H groups in total. The van der Waals surface area contributed by atoms with Crippen LogP contribution in [0.25, 0.3) is 0 Å². The molecule has 1 aromatic carbocycles. The fraction of sp³-hybridized carbons (Fsp3) is 0.286. The first kappa shape index (κ1) is 14.7. The van der Waals surface area contributed by atoms with Gasteiger partial charge < -0.3 is 10.1 Å². The number of benzene rings is 1. The van der Waals surface area contributed by atoms with E-state index in [1.165, 1.54) is 6.07 Å². The minimum absolute atomic E-state index is 0.0727. The Balaban J connectivity index is 2.51. The van der Waals surface area contributed by atoms with Crippen molar-refractivity contribution in [3.8, 4) is 11.6 Å². The first-order valence-electron chi connectivity index (χ1n) is 6.37. The SMILES string of the molecule is CNc1ncc(C)c(Oc2c(C)cc(C)cc2[N+](=O)[O-])n1. The second-order valence-electron chi connectivity index (χ2n) is 4.72. The molecule has 7 heteroatoms. The van der Waals surface area contributed by atoms with Crippen LogP contribution in [0.1, 0.15) is 16.7 Å². The van der Waals surface area contributed by atoms with Crippen molar-refractivity contribution in [1.82, 2.24) is 9.97 Å². The lowest BCUT2D eigenvalue weighted by molar-refractivity contribution is -0.385. The first-order valence-corrected chi connectivity index (χ1v) is 6.37. The monoisotopic (exact) mass is 288 g/mol. The molecule has 7 nitrogen and oxygen atoms in total. The van der Waals surface area contributed by atoms with Gasteiger partial charge in [0.15, 0.2) is 0 Å². The summed E-state index contributed by atoms with van der Waals surface area (Å²) in [4.78, 5) is 19.0. The molecule has 0 atom stereocenters. The zero-order chi connectivity index (χ0) is 15.6. The Bertz CT molecular complexity index is 701. The molecule has 0 saturated carbocycles. The van der Waals surface area contributed by atoms with Gasteiger partial charge in [-0.3, -0.25) is 10.1 Å². The van der Waals surface area contributed by atoms with Gasteiger partial charge in [-0.05, 0) is 31.9 Å². The highest BCUT2D eigenvalue weighted by Crippen LogP contribution is 2.36. The van der Waals surface area contributed by atoms with Crippen molar-refractivity contribution in [3.63, 3.8) is 0 Å². The van der Waals surface area contributed by atoms with E-state index in [1.807, 2.05) is 6.07 Å². The quantitative estimate of drug-likeness (QED) is 0.686. The van der Waals surface area contributed by atoms with Gasteiger partial charge in [-0.25, -0.2) is 4.98 Å². The van der Waals surface area contributed by atoms with Crippen LogP contribution >= 0.6 is 0 Å². The van der Waals surface area contributed by atoms with Crippen LogP contribution in [0.5, 0.6) is 11.6 Å². The first-order chi connectivity index (χ1) is 9.92. The van der Waals surface area contributed by atoms with E-state index in [9.17, 15) is 10.1 Å². The largest absolute Gasteiger partial charge is 0.431 e. The highest BCUT2D eigenvalue weighted by molar-refractivity contribution is 5.55. The number of hydrogen-bond acceptors (Lipinski definition) is 6. The van der Waals surface area contributed by atoms with E-state index < -0.39 is 4.92 Å². The van der Waals surface area contributed by atoms with Crippen LogP contribution in [-0.4, -0.2) is 21.9 Å². The molecule has 1 heterocycles. The van der Waals surface area contributed by atoms with Crippen LogP contribution in [0, 0.1) is 30.9 Å². The van der Waals surface area contributed by atoms with E-state index in [4.69, 9.17) is 4.74 Å². The van der Waals surface area contributed by atoms with E-state index in [1.54, 1.807) is 34.0 Å². The summed E-state index contributed by atoms with van der Waals surface area (Å²) in [5.41, 5.74) is 2.12. The standard InChI is InChI=1S/C14H16N4O3/c1-8-5-9(2)12(11(6-8)18(19)20)21-13-10(3)7-16-14(15-4)17-13/h5-7H,1-4H3,(H,15,16,17). The molecule has 0 aliphatic rings. The van der Waals surface area contributed by atoms with Crippen molar-refractivity contribution in [3.05, 3.63) is 45.1 Å². The highest BCUT2D eigenvalue weighted by Gasteiger charge is 2.20. The topological polar surface area (TPSA) is 90.2 Å². The van der Waals surface area contributed by atoms with E-state index in [0.29, 0.717) is 23.0 Å². The van der Waals surface area contributed by atoms with Gasteiger partial charge in [0.1, 0.15) is 0 Å². The predicted molar refractivity (Wildman–Crippen MR) is 79.0 cm³/mol. The number of aromatic nitrogens is 2. The van der Waals surface area contributed by atoms with Crippen molar-refractivity contribution in [2.75, 3.05) is 12.4 Å². The van der Waals surface area contributed by atoms with Gasteiger partial charge in [0.25, 0.3) is 0 Å². The van der Waals surface area contributed by atoms with E-state index >= 15 is 0 Å². The molecule has 0 amide bonds. The minimum Gasteiger partial charge on any atom is -0.431 e. The number of ether oxygens (including phenoxy) is 1. The lowest BCUT2D eigenvalue weighted by atomic mass is 10.1. The fourth-order valence-electron chi connectivity index (χ4n) is 1.95. The molecule has 0 spiro atoms. The van der Waals surface area contributed by atoms with E-state index in [2.05, 4.69) is 15.3 Å². The summed E-state index contributed by atoms with van der Waals surface area (Å²) in [5.74, 6) is 0.891. The van der Waals surface area contributed by atoms with Crippen LogP contribution in [0.3, 0.4) is 0 Å². The Morgan fingerprint density at radius 1 is 1.24 bits per heavy atom. The maximum atomic E-state index is 11.2. The average molecular weight is 288 g/mol. The number of rotatable bonds is 4.